The standard InChI is InChI=1S/C28H38N2O9S/c1-35-21-12-14-24(15-13-21)40(33,34)30-27(38-22-10-6-3-7-11-22)26(31)25(16-20-8-4-2-5-9-20)29-28(32)39-23-17-36-19-37-18-23/h2,4-5,8-9,12-15,22-23,25-27,30-31H,3,6-7,10-11,16-19H2,1H3,(H,29,32)/t25-,26+,27?/m0/s1. The quantitative estimate of drug-likeness (QED) is 0.324. The SMILES string of the molecule is COc1ccc(S(=O)(=O)NC(OC2CCCCC2)[C@H](O)[C@H](Cc2ccccc2)NC(=O)OC2COCOC2)cc1. The number of carbonyl (C=O) groups excluding carboxylic acids is 1. The minimum Gasteiger partial charge on any atom is -0.497 e. The number of hydrogen-bond acceptors (Lipinski definition) is 9. The summed E-state index contributed by atoms with van der Waals surface area (Å²) in [6.45, 7) is 0.508. The van der Waals surface area contributed by atoms with Crippen LogP contribution in [0.3, 0.4) is 0 Å². The summed E-state index contributed by atoms with van der Waals surface area (Å²) in [7, 11) is -2.61. The van der Waals surface area contributed by atoms with E-state index in [-0.39, 0.29) is 37.4 Å². The zero-order chi connectivity index (χ0) is 28.4. The number of carbonyl (C=O) groups is 1. The second-order valence-corrected chi connectivity index (χ2v) is 11.6. The molecular formula is C28H38N2O9S. The largest absolute Gasteiger partial charge is 0.497 e. The average Bonchev–Trinajstić information content (AvgIpc) is 2.97. The number of benzene rings is 2. The van der Waals surface area contributed by atoms with Crippen molar-refractivity contribution < 1.29 is 42.0 Å². The highest BCUT2D eigenvalue weighted by Gasteiger charge is 2.36. The van der Waals surface area contributed by atoms with Crippen LogP contribution in [0.5, 0.6) is 5.75 Å². The van der Waals surface area contributed by atoms with Crippen LogP contribution in [0.2, 0.25) is 0 Å². The Morgan fingerprint density at radius 1 is 1.00 bits per heavy atom. The monoisotopic (exact) mass is 578 g/mol. The summed E-state index contributed by atoms with van der Waals surface area (Å²) >= 11 is 0. The lowest BCUT2D eigenvalue weighted by Crippen LogP contribution is -2.57. The molecule has 4 rings (SSSR count). The Morgan fingerprint density at radius 3 is 2.33 bits per heavy atom. The van der Waals surface area contributed by atoms with Crippen LogP contribution in [0, 0.1) is 0 Å². The van der Waals surface area contributed by atoms with E-state index in [2.05, 4.69) is 10.0 Å². The van der Waals surface area contributed by atoms with E-state index < -0.39 is 40.6 Å². The molecule has 1 saturated carbocycles. The van der Waals surface area contributed by atoms with Crippen LogP contribution < -0.4 is 14.8 Å². The van der Waals surface area contributed by atoms with Gasteiger partial charge in [-0.2, -0.15) is 4.72 Å². The molecule has 220 valence electrons. The minimum absolute atomic E-state index is 0.0120. The summed E-state index contributed by atoms with van der Waals surface area (Å²) in [4.78, 5) is 12.8. The molecular weight excluding hydrogens is 540 g/mol. The van der Waals surface area contributed by atoms with E-state index in [0.717, 1.165) is 37.7 Å². The van der Waals surface area contributed by atoms with Gasteiger partial charge < -0.3 is 34.1 Å². The first-order valence-corrected chi connectivity index (χ1v) is 15.0. The zero-order valence-electron chi connectivity index (χ0n) is 22.6. The highest BCUT2D eigenvalue weighted by atomic mass is 32.2. The summed E-state index contributed by atoms with van der Waals surface area (Å²) < 4.78 is 56.4. The van der Waals surface area contributed by atoms with Gasteiger partial charge in [-0.25, -0.2) is 13.2 Å². The van der Waals surface area contributed by atoms with E-state index in [9.17, 15) is 18.3 Å². The number of hydrogen-bond donors (Lipinski definition) is 3. The third kappa shape index (κ3) is 8.88. The van der Waals surface area contributed by atoms with E-state index in [4.69, 9.17) is 23.7 Å². The Morgan fingerprint density at radius 2 is 1.68 bits per heavy atom. The Bertz CT molecular complexity index is 1150. The molecule has 0 bridgehead atoms. The number of methoxy groups -OCH3 is 1. The van der Waals surface area contributed by atoms with Gasteiger partial charge in [0.1, 0.15) is 24.9 Å². The maximum absolute atomic E-state index is 13.4. The Hall–Kier alpha value is -2.74. The number of nitrogens with one attached hydrogen (secondary N) is 2. The molecule has 1 amide bonds. The van der Waals surface area contributed by atoms with E-state index >= 15 is 0 Å². The van der Waals surface area contributed by atoms with Gasteiger partial charge in [0.15, 0.2) is 6.10 Å². The topological polar surface area (TPSA) is 142 Å². The lowest BCUT2D eigenvalue weighted by molar-refractivity contribution is -0.152. The molecule has 1 aliphatic carbocycles. The van der Waals surface area contributed by atoms with Gasteiger partial charge in [-0.3, -0.25) is 0 Å². The summed E-state index contributed by atoms with van der Waals surface area (Å²) in [6, 6.07) is 14.2. The average molecular weight is 579 g/mol. The number of ether oxygens (including phenoxy) is 5. The number of amides is 1. The first kappa shape index (κ1) is 30.2. The fourth-order valence-corrected chi connectivity index (χ4v) is 5.90. The molecule has 2 fully saturated rings. The van der Waals surface area contributed by atoms with Crippen LogP contribution in [0.25, 0.3) is 0 Å². The molecule has 0 aromatic heterocycles. The van der Waals surface area contributed by atoms with Gasteiger partial charge in [0.2, 0.25) is 10.0 Å². The Labute approximate surface area is 235 Å². The van der Waals surface area contributed by atoms with Crippen LogP contribution in [0.1, 0.15) is 37.7 Å². The normalized spacial score (nSPS) is 19.4. The van der Waals surface area contributed by atoms with Gasteiger partial charge in [-0.05, 0) is 49.1 Å². The van der Waals surface area contributed by atoms with Crippen LogP contribution in [0.15, 0.2) is 59.5 Å². The highest BCUT2D eigenvalue weighted by molar-refractivity contribution is 7.89. The Balaban J connectivity index is 1.56. The van der Waals surface area contributed by atoms with Crippen LogP contribution in [-0.4, -0.2) is 77.3 Å². The summed E-state index contributed by atoms with van der Waals surface area (Å²) in [6.07, 6.45) is 0.221. The van der Waals surface area contributed by atoms with Gasteiger partial charge in [-0.1, -0.05) is 49.6 Å². The maximum atomic E-state index is 13.4. The van der Waals surface area contributed by atoms with Gasteiger partial charge in [0.25, 0.3) is 0 Å². The summed E-state index contributed by atoms with van der Waals surface area (Å²) in [5.41, 5.74) is 0.825. The molecule has 2 aliphatic rings. The van der Waals surface area contributed by atoms with Crippen molar-refractivity contribution >= 4 is 16.1 Å². The zero-order valence-corrected chi connectivity index (χ0v) is 23.4. The minimum atomic E-state index is -4.11. The van der Waals surface area contributed by atoms with Crippen LogP contribution >= 0.6 is 0 Å². The number of rotatable bonds is 12. The maximum Gasteiger partial charge on any atom is 0.407 e. The predicted octanol–water partition coefficient (Wildman–Crippen LogP) is 2.72. The van der Waals surface area contributed by atoms with Crippen molar-refractivity contribution in [1.29, 1.82) is 0 Å². The Kier molecular flexibility index (Phi) is 11.2. The van der Waals surface area contributed by atoms with Crippen LogP contribution in [0.4, 0.5) is 4.79 Å². The molecule has 12 heteroatoms. The van der Waals surface area contributed by atoms with Gasteiger partial charge in [0, 0.05) is 0 Å². The molecule has 1 saturated heterocycles. The second-order valence-electron chi connectivity index (χ2n) is 9.93. The number of aliphatic hydroxyl groups excluding tert-OH is 1. The first-order valence-electron chi connectivity index (χ1n) is 13.5. The van der Waals surface area contributed by atoms with Crippen molar-refractivity contribution in [3.05, 3.63) is 60.2 Å². The van der Waals surface area contributed by atoms with Gasteiger partial charge in [0.05, 0.1) is 37.4 Å². The molecule has 40 heavy (non-hydrogen) atoms. The molecule has 3 N–H and O–H groups in total. The molecule has 0 radical (unpaired) electrons. The molecule has 2 aromatic rings. The fraction of sp³-hybridized carbons (Fsp3) is 0.536. The second kappa shape index (κ2) is 14.8. The van der Waals surface area contributed by atoms with Gasteiger partial charge in [-0.15, -0.1) is 0 Å². The number of sulfonamides is 1. The molecule has 1 aliphatic heterocycles. The van der Waals surface area contributed by atoms with E-state index in [1.807, 2.05) is 30.3 Å². The van der Waals surface area contributed by atoms with Crippen molar-refractivity contribution in [3.8, 4) is 5.75 Å². The fourth-order valence-electron chi connectivity index (χ4n) is 4.77. The van der Waals surface area contributed by atoms with E-state index in [1.54, 1.807) is 0 Å². The molecule has 3 atom stereocenters. The smallest absolute Gasteiger partial charge is 0.407 e. The molecule has 1 unspecified atom stereocenters. The third-order valence-electron chi connectivity index (χ3n) is 6.90. The van der Waals surface area contributed by atoms with E-state index in [0.29, 0.717) is 5.75 Å². The third-order valence-corrected chi connectivity index (χ3v) is 8.34. The molecule has 1 heterocycles. The van der Waals surface area contributed by atoms with Crippen molar-refractivity contribution in [2.75, 3.05) is 27.1 Å². The lowest BCUT2D eigenvalue weighted by Gasteiger charge is -2.34. The molecule has 11 nitrogen and oxygen atoms in total. The molecule has 0 spiro atoms. The van der Waals surface area contributed by atoms with Gasteiger partial charge >= 0.3 is 6.09 Å². The van der Waals surface area contributed by atoms with Crippen LogP contribution in [-0.2, 0) is 35.4 Å². The molecule has 2 aromatic carbocycles. The summed E-state index contributed by atoms with van der Waals surface area (Å²) in [5, 5.41) is 14.3. The summed E-state index contributed by atoms with van der Waals surface area (Å²) in [5.74, 6) is 0.508. The lowest BCUT2D eigenvalue weighted by atomic mass is 9.97. The van der Waals surface area contributed by atoms with Crippen molar-refractivity contribution in [2.45, 2.75) is 74.0 Å². The van der Waals surface area contributed by atoms with E-state index in [1.165, 1.54) is 31.4 Å². The van der Waals surface area contributed by atoms with Crippen molar-refractivity contribution in [1.82, 2.24) is 10.0 Å². The van der Waals surface area contributed by atoms with Crippen molar-refractivity contribution in [3.63, 3.8) is 0 Å². The number of aliphatic hydroxyl groups is 1. The first-order chi connectivity index (χ1) is 19.3. The predicted molar refractivity (Wildman–Crippen MR) is 145 cm³/mol. The highest BCUT2D eigenvalue weighted by Crippen LogP contribution is 2.24. The van der Waals surface area contributed by atoms with Crippen molar-refractivity contribution in [2.24, 2.45) is 0 Å². The number of alkyl carbamates (subject to hydrolysis) is 1.